The van der Waals surface area contributed by atoms with Crippen LogP contribution in [0.1, 0.15) is 24.5 Å². The van der Waals surface area contributed by atoms with Gasteiger partial charge < -0.3 is 0 Å². The summed E-state index contributed by atoms with van der Waals surface area (Å²) in [6.45, 7) is 2.23. The van der Waals surface area contributed by atoms with E-state index in [4.69, 9.17) is 0 Å². The van der Waals surface area contributed by atoms with E-state index >= 15 is 0 Å². The van der Waals surface area contributed by atoms with Crippen LogP contribution >= 0.6 is 0 Å². The molecule has 0 radical (unpaired) electrons. The summed E-state index contributed by atoms with van der Waals surface area (Å²) in [6.07, 6.45) is 3.41. The smallest absolute Gasteiger partial charge is 0.00542 e. The molecule has 0 atom stereocenters. The minimum atomic E-state index is 1.11. The van der Waals surface area contributed by atoms with Crippen molar-refractivity contribution in [2.24, 2.45) is 0 Å². The van der Waals surface area contributed by atoms with E-state index in [2.05, 4.69) is 73.7 Å². The van der Waals surface area contributed by atoms with Gasteiger partial charge in [0.05, 0.1) is 0 Å². The Kier molecular flexibility index (Phi) is 2.85. The molecule has 18 heavy (non-hydrogen) atoms. The fourth-order valence-electron chi connectivity index (χ4n) is 2.54. The standard InChI is InChI=1S/C18H16/c1-14-12-17(13-15-8-4-2-5-9-15)18(14)16-10-6-3-7-11-16/h2-11,13H,12H2,1H3. The van der Waals surface area contributed by atoms with Gasteiger partial charge in [0.25, 0.3) is 0 Å². The Morgan fingerprint density at radius 3 is 2.06 bits per heavy atom. The molecule has 0 saturated carbocycles. The molecular formula is C18H16. The molecule has 0 aliphatic heterocycles. The number of allylic oxidation sites excluding steroid dienone is 3. The third-order valence-corrected chi connectivity index (χ3v) is 3.41. The highest BCUT2D eigenvalue weighted by Crippen LogP contribution is 2.41. The molecule has 0 heterocycles. The molecule has 1 aliphatic rings. The molecule has 0 bridgehead atoms. The Balaban J connectivity index is 1.96. The molecule has 0 spiro atoms. The lowest BCUT2D eigenvalue weighted by atomic mass is 9.79. The van der Waals surface area contributed by atoms with E-state index in [0.29, 0.717) is 0 Å². The molecule has 2 aromatic rings. The van der Waals surface area contributed by atoms with Crippen molar-refractivity contribution in [3.63, 3.8) is 0 Å². The zero-order valence-corrected chi connectivity index (χ0v) is 10.6. The van der Waals surface area contributed by atoms with E-state index in [0.717, 1.165) is 6.42 Å². The topological polar surface area (TPSA) is 0 Å². The van der Waals surface area contributed by atoms with Gasteiger partial charge in [-0.3, -0.25) is 0 Å². The lowest BCUT2D eigenvalue weighted by Crippen LogP contribution is -2.05. The summed E-state index contributed by atoms with van der Waals surface area (Å²) >= 11 is 0. The van der Waals surface area contributed by atoms with Crippen LogP contribution < -0.4 is 0 Å². The summed E-state index contributed by atoms with van der Waals surface area (Å²) in [4.78, 5) is 0. The number of hydrogen-bond acceptors (Lipinski definition) is 0. The summed E-state index contributed by atoms with van der Waals surface area (Å²) in [5, 5.41) is 0. The highest BCUT2D eigenvalue weighted by molar-refractivity contribution is 5.92. The molecule has 0 fully saturated rings. The van der Waals surface area contributed by atoms with Crippen LogP contribution in [0.4, 0.5) is 0 Å². The zero-order chi connectivity index (χ0) is 12.4. The van der Waals surface area contributed by atoms with Crippen LogP contribution in [-0.4, -0.2) is 0 Å². The SMILES string of the molecule is CC1=C(c2ccccc2)C(=Cc2ccccc2)C1. The van der Waals surface area contributed by atoms with Gasteiger partial charge in [0.1, 0.15) is 0 Å². The molecule has 88 valence electrons. The van der Waals surface area contributed by atoms with E-state index in [1.807, 2.05) is 0 Å². The Morgan fingerprint density at radius 2 is 1.44 bits per heavy atom. The number of hydrogen-bond donors (Lipinski definition) is 0. The molecule has 3 rings (SSSR count). The van der Waals surface area contributed by atoms with Crippen molar-refractivity contribution in [3.8, 4) is 0 Å². The van der Waals surface area contributed by atoms with Crippen molar-refractivity contribution >= 4 is 11.6 Å². The fraction of sp³-hybridized carbons (Fsp3) is 0.111. The van der Waals surface area contributed by atoms with Gasteiger partial charge in [-0.25, -0.2) is 0 Å². The zero-order valence-electron chi connectivity index (χ0n) is 10.6. The van der Waals surface area contributed by atoms with Crippen molar-refractivity contribution in [1.82, 2.24) is 0 Å². The van der Waals surface area contributed by atoms with Crippen LogP contribution in [0.25, 0.3) is 11.6 Å². The van der Waals surface area contributed by atoms with E-state index in [1.165, 1.54) is 27.8 Å². The first-order valence-corrected chi connectivity index (χ1v) is 6.36. The van der Waals surface area contributed by atoms with Gasteiger partial charge in [0.2, 0.25) is 0 Å². The Labute approximate surface area is 108 Å². The van der Waals surface area contributed by atoms with Crippen LogP contribution in [0.2, 0.25) is 0 Å². The summed E-state index contributed by atoms with van der Waals surface area (Å²) in [7, 11) is 0. The summed E-state index contributed by atoms with van der Waals surface area (Å²) in [5.41, 5.74) is 6.99. The number of rotatable bonds is 2. The van der Waals surface area contributed by atoms with Crippen molar-refractivity contribution < 1.29 is 0 Å². The van der Waals surface area contributed by atoms with Crippen LogP contribution in [-0.2, 0) is 0 Å². The van der Waals surface area contributed by atoms with Gasteiger partial charge in [-0.2, -0.15) is 0 Å². The average molecular weight is 232 g/mol. The van der Waals surface area contributed by atoms with Gasteiger partial charge in [-0.1, -0.05) is 72.3 Å². The molecule has 0 nitrogen and oxygen atoms in total. The summed E-state index contributed by atoms with van der Waals surface area (Å²) in [5.74, 6) is 0. The van der Waals surface area contributed by atoms with Crippen molar-refractivity contribution in [2.45, 2.75) is 13.3 Å². The summed E-state index contributed by atoms with van der Waals surface area (Å²) in [6, 6.07) is 21.2. The molecule has 0 saturated heterocycles. The lowest BCUT2D eigenvalue weighted by Gasteiger charge is -2.26. The van der Waals surface area contributed by atoms with Gasteiger partial charge in [-0.05, 0) is 35.6 Å². The maximum atomic E-state index is 2.30. The molecule has 1 aliphatic carbocycles. The van der Waals surface area contributed by atoms with Gasteiger partial charge in [-0.15, -0.1) is 0 Å². The van der Waals surface area contributed by atoms with Gasteiger partial charge >= 0.3 is 0 Å². The lowest BCUT2D eigenvalue weighted by molar-refractivity contribution is 1.09. The van der Waals surface area contributed by atoms with Crippen LogP contribution in [0, 0.1) is 0 Å². The van der Waals surface area contributed by atoms with Crippen molar-refractivity contribution in [2.75, 3.05) is 0 Å². The highest BCUT2D eigenvalue weighted by atomic mass is 14.2. The van der Waals surface area contributed by atoms with E-state index in [1.54, 1.807) is 0 Å². The predicted molar refractivity (Wildman–Crippen MR) is 78.1 cm³/mol. The molecule has 0 unspecified atom stereocenters. The fourth-order valence-corrected chi connectivity index (χ4v) is 2.54. The first-order chi connectivity index (χ1) is 8.84. The van der Waals surface area contributed by atoms with Crippen molar-refractivity contribution in [1.29, 1.82) is 0 Å². The first kappa shape index (κ1) is 11.0. The molecule has 2 aromatic carbocycles. The minimum absolute atomic E-state index is 1.11. The maximum Gasteiger partial charge on any atom is -0.00542 e. The predicted octanol–water partition coefficient (Wildman–Crippen LogP) is 4.95. The highest BCUT2D eigenvalue weighted by Gasteiger charge is 2.20. The quantitative estimate of drug-likeness (QED) is 0.687. The Morgan fingerprint density at radius 1 is 0.833 bits per heavy atom. The largest absolute Gasteiger partial charge is 0.0622 e. The normalized spacial score (nSPS) is 16.8. The first-order valence-electron chi connectivity index (χ1n) is 6.36. The molecular weight excluding hydrogens is 216 g/mol. The molecule has 0 amide bonds. The molecule has 0 aromatic heterocycles. The second kappa shape index (κ2) is 4.66. The molecule has 0 heteroatoms. The Hall–Kier alpha value is -2.08. The van der Waals surface area contributed by atoms with Crippen molar-refractivity contribution in [3.05, 3.63) is 82.9 Å². The molecule has 0 N–H and O–H groups in total. The van der Waals surface area contributed by atoms with E-state index in [-0.39, 0.29) is 0 Å². The van der Waals surface area contributed by atoms with Crippen LogP contribution in [0.3, 0.4) is 0 Å². The maximum absolute atomic E-state index is 2.30. The van der Waals surface area contributed by atoms with Gasteiger partial charge in [0, 0.05) is 0 Å². The second-order valence-electron chi connectivity index (χ2n) is 4.78. The van der Waals surface area contributed by atoms with E-state index in [9.17, 15) is 0 Å². The minimum Gasteiger partial charge on any atom is -0.0622 e. The third kappa shape index (κ3) is 2.02. The van der Waals surface area contributed by atoms with Gasteiger partial charge in [0.15, 0.2) is 0 Å². The Bertz CT molecular complexity index is 601. The summed E-state index contributed by atoms with van der Waals surface area (Å²) < 4.78 is 0. The average Bonchev–Trinajstić information content (AvgIpc) is 2.40. The third-order valence-electron chi connectivity index (χ3n) is 3.41. The van der Waals surface area contributed by atoms with Crippen LogP contribution in [0.5, 0.6) is 0 Å². The second-order valence-corrected chi connectivity index (χ2v) is 4.78. The van der Waals surface area contributed by atoms with Crippen LogP contribution in [0.15, 0.2) is 71.8 Å². The van der Waals surface area contributed by atoms with E-state index < -0.39 is 0 Å². The number of benzene rings is 2. The monoisotopic (exact) mass is 232 g/mol.